The Kier molecular flexibility index (Phi) is 10.8. The van der Waals surface area contributed by atoms with Crippen LogP contribution in [0.3, 0.4) is 0 Å². The van der Waals surface area contributed by atoms with Crippen LogP contribution in [0.15, 0.2) is 29.3 Å². The van der Waals surface area contributed by atoms with Crippen molar-refractivity contribution in [1.82, 2.24) is 20.0 Å². The number of hydrogen-bond acceptors (Lipinski definition) is 5. The minimum Gasteiger partial charge on any atom is -0.450 e. The minimum absolute atomic E-state index is 0. The predicted octanol–water partition coefficient (Wildman–Crippen LogP) is 2.37. The van der Waals surface area contributed by atoms with Crippen LogP contribution in [0.4, 0.5) is 4.79 Å². The number of piperazine rings is 1. The molecule has 1 aromatic rings. The lowest BCUT2D eigenvalue weighted by atomic mass is 10.1. The lowest BCUT2D eigenvalue weighted by Crippen LogP contribution is -2.53. The van der Waals surface area contributed by atoms with E-state index in [9.17, 15) is 4.79 Å². The van der Waals surface area contributed by atoms with Crippen LogP contribution in [0.2, 0.25) is 0 Å². The molecule has 1 atom stereocenters. The van der Waals surface area contributed by atoms with Gasteiger partial charge in [0, 0.05) is 59.4 Å². The van der Waals surface area contributed by atoms with Crippen molar-refractivity contribution in [3.05, 3.63) is 35.4 Å². The van der Waals surface area contributed by atoms with Gasteiger partial charge in [-0.3, -0.25) is 9.89 Å². The van der Waals surface area contributed by atoms with E-state index in [0.29, 0.717) is 25.8 Å². The lowest BCUT2D eigenvalue weighted by Gasteiger charge is -2.35. The summed E-state index contributed by atoms with van der Waals surface area (Å²) in [5.41, 5.74) is 2.56. The highest BCUT2D eigenvalue weighted by molar-refractivity contribution is 14.0. The van der Waals surface area contributed by atoms with Crippen LogP contribution in [0.25, 0.3) is 0 Å². The van der Waals surface area contributed by atoms with Crippen molar-refractivity contribution in [1.29, 1.82) is 0 Å². The second kappa shape index (κ2) is 13.1. The molecule has 1 aromatic carbocycles. The molecule has 2 heterocycles. The van der Waals surface area contributed by atoms with Crippen LogP contribution < -0.4 is 5.32 Å². The first-order valence-corrected chi connectivity index (χ1v) is 10.9. The highest BCUT2D eigenvalue weighted by Gasteiger charge is 2.23. The summed E-state index contributed by atoms with van der Waals surface area (Å²) >= 11 is 0. The molecule has 2 saturated heterocycles. The van der Waals surface area contributed by atoms with Crippen molar-refractivity contribution in [2.24, 2.45) is 4.99 Å². The molecule has 2 aliphatic heterocycles. The zero-order valence-electron chi connectivity index (χ0n) is 18.9. The molecule has 1 unspecified atom stereocenters. The largest absolute Gasteiger partial charge is 0.450 e. The van der Waals surface area contributed by atoms with E-state index in [0.717, 1.165) is 51.8 Å². The SMILES string of the molecule is CCOC(=O)N1CCN(C(=NC)NCc2cccc(CN3CCOC(C)C3)c2)CC1.I. The van der Waals surface area contributed by atoms with E-state index in [1.165, 1.54) is 11.1 Å². The number of nitrogens with zero attached hydrogens (tertiary/aromatic N) is 4. The van der Waals surface area contributed by atoms with Crippen LogP contribution in [0.1, 0.15) is 25.0 Å². The Morgan fingerprint density at radius 1 is 1.19 bits per heavy atom. The summed E-state index contributed by atoms with van der Waals surface area (Å²) in [6.45, 7) is 11.6. The molecule has 0 aromatic heterocycles. The Balaban J connectivity index is 0.00000341. The average molecular weight is 545 g/mol. The Bertz CT molecular complexity index is 725. The van der Waals surface area contributed by atoms with E-state index in [4.69, 9.17) is 9.47 Å². The van der Waals surface area contributed by atoms with E-state index in [1.807, 2.05) is 6.92 Å². The van der Waals surface area contributed by atoms with Gasteiger partial charge in [-0.25, -0.2) is 4.79 Å². The van der Waals surface area contributed by atoms with Crippen molar-refractivity contribution in [3.63, 3.8) is 0 Å². The van der Waals surface area contributed by atoms with Crippen molar-refractivity contribution in [2.45, 2.75) is 33.0 Å². The third kappa shape index (κ3) is 7.80. The van der Waals surface area contributed by atoms with Gasteiger partial charge in [-0.05, 0) is 25.0 Å². The van der Waals surface area contributed by atoms with E-state index < -0.39 is 0 Å². The van der Waals surface area contributed by atoms with E-state index in [2.05, 4.69) is 51.3 Å². The Hall–Kier alpha value is -1.59. The molecule has 174 valence electrons. The number of morpholine rings is 1. The lowest BCUT2D eigenvalue weighted by molar-refractivity contribution is -0.0212. The first-order valence-electron chi connectivity index (χ1n) is 10.9. The van der Waals surface area contributed by atoms with Gasteiger partial charge in [0.2, 0.25) is 0 Å². The molecule has 0 spiro atoms. The molecule has 8 nitrogen and oxygen atoms in total. The topological polar surface area (TPSA) is 69.6 Å². The zero-order chi connectivity index (χ0) is 21.3. The van der Waals surface area contributed by atoms with Crippen LogP contribution in [0, 0.1) is 0 Å². The van der Waals surface area contributed by atoms with Gasteiger partial charge in [0.25, 0.3) is 0 Å². The van der Waals surface area contributed by atoms with E-state index in [1.54, 1.807) is 11.9 Å². The average Bonchev–Trinajstić information content (AvgIpc) is 2.75. The highest BCUT2D eigenvalue weighted by atomic mass is 127. The van der Waals surface area contributed by atoms with Crippen LogP contribution >= 0.6 is 24.0 Å². The van der Waals surface area contributed by atoms with Gasteiger partial charge in [-0.15, -0.1) is 24.0 Å². The molecule has 1 amide bonds. The molecule has 0 bridgehead atoms. The van der Waals surface area contributed by atoms with Crippen molar-refractivity contribution in [2.75, 3.05) is 59.5 Å². The summed E-state index contributed by atoms with van der Waals surface area (Å²) in [6, 6.07) is 8.72. The molecular weight excluding hydrogens is 509 g/mol. The molecule has 0 saturated carbocycles. The Labute approximate surface area is 203 Å². The molecule has 0 aliphatic carbocycles. The number of guanidine groups is 1. The van der Waals surface area contributed by atoms with E-state index in [-0.39, 0.29) is 30.1 Å². The molecule has 31 heavy (non-hydrogen) atoms. The quantitative estimate of drug-likeness (QED) is 0.348. The number of ether oxygens (including phenoxy) is 2. The number of benzene rings is 1. The fourth-order valence-electron chi connectivity index (χ4n) is 3.96. The summed E-state index contributed by atoms with van der Waals surface area (Å²) in [4.78, 5) is 22.7. The number of rotatable bonds is 5. The number of aliphatic imine (C=N–C) groups is 1. The number of nitrogens with one attached hydrogen (secondary N) is 1. The summed E-state index contributed by atoms with van der Waals surface area (Å²) in [5.74, 6) is 0.867. The maximum absolute atomic E-state index is 11.9. The Morgan fingerprint density at radius 2 is 1.90 bits per heavy atom. The maximum atomic E-state index is 11.9. The molecule has 0 radical (unpaired) electrons. The summed E-state index contributed by atoms with van der Waals surface area (Å²) in [6.07, 6.45) is 0.0720. The third-order valence-electron chi connectivity index (χ3n) is 5.49. The standard InChI is InChI=1S/C22H35N5O3.HI/c1-4-29-22(28)27-10-8-26(9-11-27)21(23-3)24-15-19-6-5-7-20(14-19)17-25-12-13-30-18(2)16-25;/h5-7,14,18H,4,8-13,15-17H2,1-3H3,(H,23,24);1H. The van der Waals surface area contributed by atoms with Crippen molar-refractivity contribution < 1.29 is 14.3 Å². The van der Waals surface area contributed by atoms with Gasteiger partial charge in [-0.2, -0.15) is 0 Å². The molecule has 9 heteroatoms. The van der Waals surface area contributed by atoms with Gasteiger partial charge in [-0.1, -0.05) is 24.3 Å². The van der Waals surface area contributed by atoms with Gasteiger partial charge < -0.3 is 24.6 Å². The molecule has 2 aliphatic rings. The maximum Gasteiger partial charge on any atom is 0.409 e. The fourth-order valence-corrected chi connectivity index (χ4v) is 3.96. The normalized spacial score (nSPS) is 20.2. The molecular formula is C22H36IN5O3. The van der Waals surface area contributed by atoms with E-state index >= 15 is 0 Å². The third-order valence-corrected chi connectivity index (χ3v) is 5.49. The monoisotopic (exact) mass is 545 g/mol. The van der Waals surface area contributed by atoms with Crippen LogP contribution in [-0.2, 0) is 22.6 Å². The first-order chi connectivity index (χ1) is 14.6. The smallest absolute Gasteiger partial charge is 0.409 e. The van der Waals surface area contributed by atoms with Gasteiger partial charge >= 0.3 is 6.09 Å². The number of halogens is 1. The summed E-state index contributed by atoms with van der Waals surface area (Å²) < 4.78 is 10.7. The molecule has 3 rings (SSSR count). The zero-order valence-corrected chi connectivity index (χ0v) is 21.2. The summed E-state index contributed by atoms with van der Waals surface area (Å²) in [5, 5.41) is 3.47. The molecule has 1 N–H and O–H groups in total. The Morgan fingerprint density at radius 3 is 2.58 bits per heavy atom. The van der Waals surface area contributed by atoms with Crippen LogP contribution in [0.5, 0.6) is 0 Å². The van der Waals surface area contributed by atoms with Gasteiger partial charge in [0.1, 0.15) is 0 Å². The number of carbonyl (C=O) groups is 1. The number of carbonyl (C=O) groups excluding carboxylic acids is 1. The second-order valence-electron chi connectivity index (χ2n) is 7.81. The summed E-state index contributed by atoms with van der Waals surface area (Å²) in [7, 11) is 1.80. The van der Waals surface area contributed by atoms with Crippen molar-refractivity contribution >= 4 is 36.0 Å². The minimum atomic E-state index is -0.230. The molecule has 2 fully saturated rings. The number of amides is 1. The predicted molar refractivity (Wildman–Crippen MR) is 133 cm³/mol. The van der Waals surface area contributed by atoms with Gasteiger partial charge in [0.05, 0.1) is 19.3 Å². The van der Waals surface area contributed by atoms with Crippen LogP contribution in [-0.4, -0.2) is 92.4 Å². The first kappa shape index (κ1) is 25.7. The van der Waals surface area contributed by atoms with Gasteiger partial charge in [0.15, 0.2) is 5.96 Å². The number of hydrogen-bond donors (Lipinski definition) is 1. The fraction of sp³-hybridized carbons (Fsp3) is 0.636. The van der Waals surface area contributed by atoms with Crippen molar-refractivity contribution in [3.8, 4) is 0 Å². The second-order valence-corrected chi connectivity index (χ2v) is 7.81. The highest BCUT2D eigenvalue weighted by Crippen LogP contribution is 2.12.